The number of rotatable bonds is 3. The minimum Gasteiger partial charge on any atom is -0.478 e. The Morgan fingerprint density at radius 2 is 2.38 bits per heavy atom. The summed E-state index contributed by atoms with van der Waals surface area (Å²) in [6.07, 6.45) is 0.785. The fraction of sp³-hybridized carbons (Fsp3) is 0.545. The van der Waals surface area contributed by atoms with Gasteiger partial charge in [-0.25, -0.2) is 4.79 Å². The predicted molar refractivity (Wildman–Crippen MR) is 58.5 cm³/mol. The predicted octanol–water partition coefficient (Wildman–Crippen LogP) is 0.847. The SMILES string of the molecule is COCc1[nH]c2c(c1C(=O)O)CCN(C)C2. The van der Waals surface area contributed by atoms with Gasteiger partial charge in [-0.15, -0.1) is 0 Å². The second-order valence-electron chi connectivity index (χ2n) is 4.16. The number of carbonyl (C=O) groups is 1. The molecule has 16 heavy (non-hydrogen) atoms. The van der Waals surface area contributed by atoms with Crippen LogP contribution in [0.1, 0.15) is 27.3 Å². The zero-order chi connectivity index (χ0) is 11.7. The highest BCUT2D eigenvalue weighted by Crippen LogP contribution is 2.25. The van der Waals surface area contributed by atoms with Gasteiger partial charge in [-0.05, 0) is 19.0 Å². The maximum Gasteiger partial charge on any atom is 0.337 e. The van der Waals surface area contributed by atoms with E-state index in [-0.39, 0.29) is 0 Å². The average molecular weight is 224 g/mol. The summed E-state index contributed by atoms with van der Waals surface area (Å²) in [5, 5.41) is 9.21. The van der Waals surface area contributed by atoms with Crippen LogP contribution in [0.3, 0.4) is 0 Å². The lowest BCUT2D eigenvalue weighted by Gasteiger charge is -2.22. The highest BCUT2D eigenvalue weighted by Gasteiger charge is 2.25. The molecule has 1 aliphatic rings. The lowest BCUT2D eigenvalue weighted by atomic mass is 10.0. The van der Waals surface area contributed by atoms with Gasteiger partial charge in [0.15, 0.2) is 0 Å². The number of fused-ring (bicyclic) bond motifs is 1. The summed E-state index contributed by atoms with van der Waals surface area (Å²) in [7, 11) is 3.60. The Bertz CT molecular complexity index is 412. The molecule has 0 unspecified atom stereocenters. The summed E-state index contributed by atoms with van der Waals surface area (Å²) in [5.41, 5.74) is 3.04. The Hall–Kier alpha value is -1.33. The third kappa shape index (κ3) is 1.83. The maximum atomic E-state index is 11.2. The van der Waals surface area contributed by atoms with E-state index in [4.69, 9.17) is 4.74 Å². The number of aromatic nitrogens is 1. The van der Waals surface area contributed by atoms with E-state index in [0.29, 0.717) is 17.9 Å². The molecule has 1 aromatic rings. The van der Waals surface area contributed by atoms with Crippen molar-refractivity contribution in [3.05, 3.63) is 22.5 Å². The molecule has 2 rings (SSSR count). The number of ether oxygens (including phenoxy) is 1. The first-order chi connectivity index (χ1) is 7.63. The first-order valence-electron chi connectivity index (χ1n) is 5.26. The van der Waals surface area contributed by atoms with Gasteiger partial charge in [0.05, 0.1) is 17.9 Å². The summed E-state index contributed by atoms with van der Waals surface area (Å²) in [6, 6.07) is 0. The quantitative estimate of drug-likeness (QED) is 0.798. The van der Waals surface area contributed by atoms with Crippen LogP contribution in [0.15, 0.2) is 0 Å². The van der Waals surface area contributed by atoms with Crippen molar-refractivity contribution in [2.24, 2.45) is 0 Å². The molecule has 2 heterocycles. The summed E-state index contributed by atoms with van der Waals surface area (Å²) >= 11 is 0. The largest absolute Gasteiger partial charge is 0.478 e. The minimum atomic E-state index is -0.867. The van der Waals surface area contributed by atoms with Crippen molar-refractivity contribution in [3.63, 3.8) is 0 Å². The normalized spacial score (nSPS) is 16.1. The van der Waals surface area contributed by atoms with Gasteiger partial charge >= 0.3 is 5.97 Å². The van der Waals surface area contributed by atoms with Crippen LogP contribution in [0.5, 0.6) is 0 Å². The second kappa shape index (κ2) is 4.27. The average Bonchev–Trinajstić information content (AvgIpc) is 2.55. The van der Waals surface area contributed by atoms with E-state index in [1.54, 1.807) is 7.11 Å². The first kappa shape index (κ1) is 11.2. The van der Waals surface area contributed by atoms with Crippen molar-refractivity contribution in [2.45, 2.75) is 19.6 Å². The highest BCUT2D eigenvalue weighted by atomic mass is 16.5. The zero-order valence-electron chi connectivity index (χ0n) is 9.54. The standard InChI is InChI=1S/C11H16N2O3/c1-13-4-3-7-8(5-13)12-9(6-16-2)10(7)11(14)15/h12H,3-6H2,1-2H3,(H,14,15). The summed E-state index contributed by atoms with van der Waals surface area (Å²) in [4.78, 5) is 16.6. The molecular formula is C11H16N2O3. The third-order valence-corrected chi connectivity index (χ3v) is 2.94. The van der Waals surface area contributed by atoms with Crippen LogP contribution in [0.25, 0.3) is 0 Å². The lowest BCUT2D eigenvalue weighted by Crippen LogP contribution is -2.26. The number of hydrogen-bond acceptors (Lipinski definition) is 3. The van der Waals surface area contributed by atoms with Crippen LogP contribution in [-0.2, 0) is 24.3 Å². The van der Waals surface area contributed by atoms with Gasteiger partial charge in [-0.2, -0.15) is 0 Å². The van der Waals surface area contributed by atoms with E-state index in [9.17, 15) is 9.90 Å². The molecule has 0 atom stereocenters. The Labute approximate surface area is 94.0 Å². The first-order valence-corrected chi connectivity index (χ1v) is 5.26. The van der Waals surface area contributed by atoms with E-state index in [1.165, 1.54) is 0 Å². The van der Waals surface area contributed by atoms with E-state index < -0.39 is 5.97 Å². The van der Waals surface area contributed by atoms with Gasteiger partial charge in [0.25, 0.3) is 0 Å². The van der Waals surface area contributed by atoms with Gasteiger partial charge in [0.1, 0.15) is 0 Å². The Morgan fingerprint density at radius 3 is 3.00 bits per heavy atom. The van der Waals surface area contributed by atoms with Gasteiger partial charge in [-0.3, -0.25) is 0 Å². The lowest BCUT2D eigenvalue weighted by molar-refractivity contribution is 0.0690. The number of nitrogens with one attached hydrogen (secondary N) is 1. The van der Waals surface area contributed by atoms with Gasteiger partial charge < -0.3 is 19.7 Å². The smallest absolute Gasteiger partial charge is 0.337 e. The monoisotopic (exact) mass is 224 g/mol. The zero-order valence-corrected chi connectivity index (χ0v) is 9.54. The minimum absolute atomic E-state index is 0.318. The molecule has 88 valence electrons. The third-order valence-electron chi connectivity index (χ3n) is 2.94. The number of hydrogen-bond donors (Lipinski definition) is 2. The molecule has 5 heteroatoms. The number of carboxylic acid groups (broad SMARTS) is 1. The van der Waals surface area contributed by atoms with Crippen molar-refractivity contribution in [1.29, 1.82) is 0 Å². The number of methoxy groups -OCH3 is 1. The molecule has 0 bridgehead atoms. The van der Waals surface area contributed by atoms with Crippen LogP contribution in [-0.4, -0.2) is 41.7 Å². The Kier molecular flexibility index (Phi) is 2.98. The summed E-state index contributed by atoms with van der Waals surface area (Å²) in [5.74, 6) is -0.867. The fourth-order valence-corrected chi connectivity index (χ4v) is 2.23. The molecule has 0 radical (unpaired) electrons. The molecule has 1 aliphatic heterocycles. The van der Waals surface area contributed by atoms with Crippen molar-refractivity contribution >= 4 is 5.97 Å². The molecule has 0 aliphatic carbocycles. The topological polar surface area (TPSA) is 65.6 Å². The molecule has 2 N–H and O–H groups in total. The van der Waals surface area contributed by atoms with Crippen molar-refractivity contribution in [3.8, 4) is 0 Å². The number of aromatic carboxylic acids is 1. The Morgan fingerprint density at radius 1 is 1.62 bits per heavy atom. The van der Waals surface area contributed by atoms with Crippen LogP contribution in [0.2, 0.25) is 0 Å². The van der Waals surface area contributed by atoms with E-state index in [2.05, 4.69) is 9.88 Å². The molecule has 5 nitrogen and oxygen atoms in total. The molecule has 0 saturated heterocycles. The van der Waals surface area contributed by atoms with Crippen LogP contribution < -0.4 is 0 Å². The van der Waals surface area contributed by atoms with Crippen LogP contribution in [0.4, 0.5) is 0 Å². The number of carboxylic acids is 1. The number of likely N-dealkylation sites (N-methyl/N-ethyl adjacent to an activating group) is 1. The van der Waals surface area contributed by atoms with Crippen molar-refractivity contribution in [1.82, 2.24) is 9.88 Å². The molecule has 0 fully saturated rings. The Balaban J connectivity index is 2.44. The molecular weight excluding hydrogens is 208 g/mol. The van der Waals surface area contributed by atoms with Crippen LogP contribution >= 0.6 is 0 Å². The molecule has 0 spiro atoms. The van der Waals surface area contributed by atoms with Crippen molar-refractivity contribution in [2.75, 3.05) is 20.7 Å². The highest BCUT2D eigenvalue weighted by molar-refractivity contribution is 5.91. The fourth-order valence-electron chi connectivity index (χ4n) is 2.23. The molecule has 0 amide bonds. The number of nitrogens with zero attached hydrogens (tertiary/aromatic N) is 1. The van der Waals surface area contributed by atoms with E-state index >= 15 is 0 Å². The van der Waals surface area contributed by atoms with Crippen molar-refractivity contribution < 1.29 is 14.6 Å². The maximum absolute atomic E-state index is 11.2. The van der Waals surface area contributed by atoms with E-state index in [0.717, 1.165) is 30.8 Å². The number of aromatic amines is 1. The summed E-state index contributed by atoms with van der Waals surface area (Å²) in [6.45, 7) is 2.00. The van der Waals surface area contributed by atoms with E-state index in [1.807, 2.05) is 7.05 Å². The van der Waals surface area contributed by atoms with Gasteiger partial charge in [0.2, 0.25) is 0 Å². The molecule has 0 aromatic carbocycles. The molecule has 1 aromatic heterocycles. The second-order valence-corrected chi connectivity index (χ2v) is 4.16. The van der Waals surface area contributed by atoms with Crippen LogP contribution in [0, 0.1) is 0 Å². The number of H-pyrrole nitrogens is 1. The molecule has 0 saturated carbocycles. The van der Waals surface area contributed by atoms with Gasteiger partial charge in [0, 0.05) is 25.9 Å². The van der Waals surface area contributed by atoms with Gasteiger partial charge in [-0.1, -0.05) is 0 Å². The summed E-state index contributed by atoms with van der Waals surface area (Å²) < 4.78 is 5.02.